The van der Waals surface area contributed by atoms with Crippen LogP contribution in [0.15, 0.2) is 48.7 Å². The summed E-state index contributed by atoms with van der Waals surface area (Å²) in [6.45, 7) is 0. The van der Waals surface area contributed by atoms with Crippen molar-refractivity contribution in [2.75, 3.05) is 14.2 Å². The molecule has 5 nitrogen and oxygen atoms in total. The van der Waals surface area contributed by atoms with Gasteiger partial charge in [0.2, 0.25) is 5.91 Å². The SMILES string of the molecule is COc1ccc(OC)c(-n2ccc3c(C(N)=O)cccc32)c1. The quantitative estimate of drug-likeness (QED) is 0.805. The second-order valence-electron chi connectivity index (χ2n) is 4.83. The fourth-order valence-electron chi connectivity index (χ4n) is 2.58. The van der Waals surface area contributed by atoms with Crippen molar-refractivity contribution >= 4 is 16.8 Å². The maximum absolute atomic E-state index is 11.6. The molecular formula is C17H16N2O3. The molecule has 0 aliphatic carbocycles. The monoisotopic (exact) mass is 296 g/mol. The zero-order valence-electron chi connectivity index (χ0n) is 12.4. The van der Waals surface area contributed by atoms with Gasteiger partial charge in [0, 0.05) is 23.2 Å². The molecule has 3 rings (SSSR count). The van der Waals surface area contributed by atoms with Crippen molar-refractivity contribution in [1.29, 1.82) is 0 Å². The third-order valence-electron chi connectivity index (χ3n) is 3.64. The van der Waals surface area contributed by atoms with Crippen LogP contribution in [0.5, 0.6) is 11.5 Å². The molecule has 0 spiro atoms. The van der Waals surface area contributed by atoms with E-state index in [-0.39, 0.29) is 0 Å². The maximum Gasteiger partial charge on any atom is 0.249 e. The summed E-state index contributed by atoms with van der Waals surface area (Å²) in [6, 6.07) is 12.9. The molecule has 0 unspecified atom stereocenters. The van der Waals surface area contributed by atoms with Gasteiger partial charge in [-0.05, 0) is 30.3 Å². The fourth-order valence-corrected chi connectivity index (χ4v) is 2.58. The Morgan fingerprint density at radius 1 is 1.09 bits per heavy atom. The van der Waals surface area contributed by atoms with Crippen LogP contribution in [-0.4, -0.2) is 24.7 Å². The fraction of sp³-hybridized carbons (Fsp3) is 0.118. The topological polar surface area (TPSA) is 66.5 Å². The minimum absolute atomic E-state index is 0.444. The Kier molecular flexibility index (Phi) is 3.47. The number of aromatic nitrogens is 1. The molecule has 0 bridgehead atoms. The Morgan fingerprint density at radius 3 is 2.59 bits per heavy atom. The molecule has 3 aromatic rings. The van der Waals surface area contributed by atoms with Crippen LogP contribution in [0.25, 0.3) is 16.6 Å². The van der Waals surface area contributed by atoms with Gasteiger partial charge in [-0.1, -0.05) is 6.07 Å². The number of hydrogen-bond acceptors (Lipinski definition) is 3. The van der Waals surface area contributed by atoms with Crippen molar-refractivity contribution in [1.82, 2.24) is 4.57 Å². The van der Waals surface area contributed by atoms with E-state index in [0.29, 0.717) is 11.3 Å². The number of nitrogens with two attached hydrogens (primary N) is 1. The van der Waals surface area contributed by atoms with Gasteiger partial charge in [0.25, 0.3) is 0 Å². The van der Waals surface area contributed by atoms with E-state index in [1.807, 2.05) is 47.2 Å². The molecule has 0 saturated heterocycles. The highest BCUT2D eigenvalue weighted by Crippen LogP contribution is 2.31. The van der Waals surface area contributed by atoms with E-state index in [1.165, 1.54) is 0 Å². The number of ether oxygens (including phenoxy) is 2. The predicted molar refractivity (Wildman–Crippen MR) is 84.9 cm³/mol. The van der Waals surface area contributed by atoms with E-state index in [4.69, 9.17) is 15.2 Å². The van der Waals surface area contributed by atoms with Crippen LogP contribution in [-0.2, 0) is 0 Å². The van der Waals surface area contributed by atoms with Gasteiger partial charge < -0.3 is 19.8 Å². The minimum atomic E-state index is -0.444. The second-order valence-corrected chi connectivity index (χ2v) is 4.83. The first-order chi connectivity index (χ1) is 10.7. The number of methoxy groups -OCH3 is 2. The lowest BCUT2D eigenvalue weighted by atomic mass is 10.1. The van der Waals surface area contributed by atoms with Crippen LogP contribution in [0.2, 0.25) is 0 Å². The van der Waals surface area contributed by atoms with E-state index >= 15 is 0 Å². The highest BCUT2D eigenvalue weighted by molar-refractivity contribution is 6.06. The Morgan fingerprint density at radius 2 is 1.91 bits per heavy atom. The number of rotatable bonds is 4. The number of carbonyl (C=O) groups is 1. The normalized spacial score (nSPS) is 10.6. The molecule has 0 saturated carbocycles. The molecule has 2 aromatic carbocycles. The Labute approximate surface area is 127 Å². The second kappa shape index (κ2) is 5.44. The molecule has 112 valence electrons. The summed E-state index contributed by atoms with van der Waals surface area (Å²) >= 11 is 0. The largest absolute Gasteiger partial charge is 0.497 e. The average Bonchev–Trinajstić information content (AvgIpc) is 2.97. The number of amides is 1. The summed E-state index contributed by atoms with van der Waals surface area (Å²) in [5.74, 6) is 0.993. The summed E-state index contributed by atoms with van der Waals surface area (Å²) in [4.78, 5) is 11.6. The Hall–Kier alpha value is -2.95. The summed E-state index contributed by atoms with van der Waals surface area (Å²) in [5, 5.41) is 0.805. The lowest BCUT2D eigenvalue weighted by Crippen LogP contribution is -2.11. The highest BCUT2D eigenvalue weighted by Gasteiger charge is 2.13. The van der Waals surface area contributed by atoms with Gasteiger partial charge in [0.05, 0.1) is 25.4 Å². The number of primary amides is 1. The van der Waals surface area contributed by atoms with Crippen LogP contribution in [0, 0.1) is 0 Å². The highest BCUT2D eigenvalue weighted by atomic mass is 16.5. The molecule has 0 aliphatic heterocycles. The number of benzene rings is 2. The third-order valence-corrected chi connectivity index (χ3v) is 3.64. The molecule has 0 atom stereocenters. The van der Waals surface area contributed by atoms with Gasteiger partial charge >= 0.3 is 0 Å². The molecule has 0 fully saturated rings. The molecule has 1 heterocycles. The van der Waals surface area contributed by atoms with Gasteiger partial charge in [-0.2, -0.15) is 0 Å². The Balaban J connectivity index is 2.27. The number of fused-ring (bicyclic) bond motifs is 1. The van der Waals surface area contributed by atoms with Crippen molar-refractivity contribution in [3.05, 3.63) is 54.2 Å². The number of nitrogens with zero attached hydrogens (tertiary/aromatic N) is 1. The zero-order valence-corrected chi connectivity index (χ0v) is 12.4. The minimum Gasteiger partial charge on any atom is -0.497 e. The first-order valence-electron chi connectivity index (χ1n) is 6.78. The Bertz CT molecular complexity index is 852. The van der Waals surface area contributed by atoms with Gasteiger partial charge in [0.15, 0.2) is 0 Å². The van der Waals surface area contributed by atoms with Crippen LogP contribution < -0.4 is 15.2 Å². The molecule has 2 N–H and O–H groups in total. The maximum atomic E-state index is 11.6. The van der Waals surface area contributed by atoms with Gasteiger partial charge in [-0.25, -0.2) is 0 Å². The molecule has 5 heteroatoms. The summed E-state index contributed by atoms with van der Waals surface area (Å²) in [6.07, 6.45) is 1.88. The van der Waals surface area contributed by atoms with Crippen molar-refractivity contribution in [2.24, 2.45) is 5.73 Å². The predicted octanol–water partition coefficient (Wildman–Crippen LogP) is 2.75. The number of hydrogen-bond donors (Lipinski definition) is 1. The molecule has 0 aliphatic rings. The van der Waals surface area contributed by atoms with Crippen LogP contribution in [0.4, 0.5) is 0 Å². The average molecular weight is 296 g/mol. The third kappa shape index (κ3) is 2.16. The van der Waals surface area contributed by atoms with Gasteiger partial charge in [-0.3, -0.25) is 4.79 Å². The van der Waals surface area contributed by atoms with E-state index in [2.05, 4.69) is 0 Å². The zero-order chi connectivity index (χ0) is 15.7. The first-order valence-corrected chi connectivity index (χ1v) is 6.78. The lowest BCUT2D eigenvalue weighted by Gasteiger charge is -2.13. The first kappa shape index (κ1) is 14.0. The molecule has 1 amide bonds. The van der Waals surface area contributed by atoms with E-state index in [1.54, 1.807) is 20.3 Å². The molecule has 0 radical (unpaired) electrons. The van der Waals surface area contributed by atoms with Crippen molar-refractivity contribution in [3.8, 4) is 17.2 Å². The van der Waals surface area contributed by atoms with E-state index < -0.39 is 5.91 Å². The van der Waals surface area contributed by atoms with Crippen molar-refractivity contribution in [3.63, 3.8) is 0 Å². The summed E-state index contributed by atoms with van der Waals surface area (Å²) in [5.41, 5.74) is 7.64. The lowest BCUT2D eigenvalue weighted by molar-refractivity contribution is 0.100. The molecule has 1 aromatic heterocycles. The van der Waals surface area contributed by atoms with Crippen LogP contribution >= 0.6 is 0 Å². The molecular weight excluding hydrogens is 280 g/mol. The smallest absolute Gasteiger partial charge is 0.249 e. The summed E-state index contributed by atoms with van der Waals surface area (Å²) < 4.78 is 12.7. The van der Waals surface area contributed by atoms with Gasteiger partial charge in [-0.15, -0.1) is 0 Å². The van der Waals surface area contributed by atoms with Crippen LogP contribution in [0.3, 0.4) is 0 Å². The van der Waals surface area contributed by atoms with Crippen molar-refractivity contribution in [2.45, 2.75) is 0 Å². The molecule has 22 heavy (non-hydrogen) atoms. The van der Waals surface area contributed by atoms with Crippen LogP contribution in [0.1, 0.15) is 10.4 Å². The van der Waals surface area contributed by atoms with Gasteiger partial charge in [0.1, 0.15) is 11.5 Å². The standard InChI is InChI=1S/C17H16N2O3/c1-21-11-6-7-16(22-2)15(10-11)19-9-8-12-13(17(18)20)4-3-5-14(12)19/h3-10H,1-2H3,(H2,18,20). The number of carbonyl (C=O) groups excluding carboxylic acids is 1. The van der Waals surface area contributed by atoms with E-state index in [0.717, 1.165) is 22.3 Å². The van der Waals surface area contributed by atoms with Crippen molar-refractivity contribution < 1.29 is 14.3 Å². The van der Waals surface area contributed by atoms with E-state index in [9.17, 15) is 4.79 Å². The summed E-state index contributed by atoms with van der Waals surface area (Å²) in [7, 11) is 3.23.